The number of likely N-dealkylation sites (N-methyl/N-ethyl adjacent to an activating group) is 1. The molecule has 0 unspecified atom stereocenters. The van der Waals surface area contributed by atoms with Crippen molar-refractivity contribution in [3.8, 4) is 5.75 Å². The summed E-state index contributed by atoms with van der Waals surface area (Å²) in [6, 6.07) is 23.5. The number of aromatic nitrogens is 1. The van der Waals surface area contributed by atoms with Crippen LogP contribution in [-0.4, -0.2) is 30.1 Å². The number of fused-ring (bicyclic) bond motifs is 1. The van der Waals surface area contributed by atoms with E-state index >= 15 is 4.39 Å². The highest BCUT2D eigenvalue weighted by Crippen LogP contribution is 2.34. The lowest BCUT2D eigenvalue weighted by Gasteiger charge is -2.12. The summed E-state index contributed by atoms with van der Waals surface area (Å²) >= 11 is 0. The van der Waals surface area contributed by atoms with Gasteiger partial charge in [0.05, 0.1) is 5.52 Å². The molecule has 0 aliphatic carbocycles. The van der Waals surface area contributed by atoms with Crippen molar-refractivity contribution in [3.63, 3.8) is 0 Å². The van der Waals surface area contributed by atoms with E-state index in [-0.39, 0.29) is 5.82 Å². The van der Waals surface area contributed by atoms with Crippen LogP contribution < -0.4 is 4.74 Å². The fraction of sp³-hybridized carbons (Fsp3) is 0.231. The fourth-order valence-electron chi connectivity index (χ4n) is 3.75. The smallest absolute Gasteiger partial charge is 0.147 e. The molecule has 0 saturated carbocycles. The fourth-order valence-corrected chi connectivity index (χ4v) is 3.75. The van der Waals surface area contributed by atoms with E-state index in [0.29, 0.717) is 18.7 Å². The molecule has 0 aliphatic rings. The summed E-state index contributed by atoms with van der Waals surface area (Å²) in [5, 5.41) is 0.878. The van der Waals surface area contributed by atoms with Gasteiger partial charge >= 0.3 is 0 Å². The van der Waals surface area contributed by atoms with Crippen LogP contribution >= 0.6 is 0 Å². The van der Waals surface area contributed by atoms with Crippen LogP contribution in [0.4, 0.5) is 4.39 Å². The minimum absolute atomic E-state index is 0.218. The molecule has 0 saturated heterocycles. The Hall–Kier alpha value is -3.11. The van der Waals surface area contributed by atoms with Crippen LogP contribution in [0.1, 0.15) is 16.7 Å². The Morgan fingerprint density at radius 3 is 2.20 bits per heavy atom. The second kappa shape index (κ2) is 9.14. The maximum Gasteiger partial charge on any atom is 0.147 e. The molecule has 0 amide bonds. The predicted octanol–water partition coefficient (Wildman–Crippen LogP) is 5.51. The third kappa shape index (κ3) is 4.55. The van der Waals surface area contributed by atoms with Gasteiger partial charge in [0.15, 0.2) is 0 Å². The molecule has 0 spiro atoms. The van der Waals surface area contributed by atoms with Crippen molar-refractivity contribution in [2.75, 3.05) is 20.6 Å². The molecule has 1 aromatic heterocycles. The molecule has 0 bridgehead atoms. The summed E-state index contributed by atoms with van der Waals surface area (Å²) in [7, 11) is 4.10. The van der Waals surface area contributed by atoms with Crippen LogP contribution in [-0.2, 0) is 19.6 Å². The molecule has 0 N–H and O–H groups in total. The van der Waals surface area contributed by atoms with E-state index in [2.05, 4.69) is 37.3 Å². The number of rotatable bonds is 8. The highest BCUT2D eigenvalue weighted by molar-refractivity contribution is 5.90. The van der Waals surface area contributed by atoms with Gasteiger partial charge in [-0.2, -0.15) is 0 Å². The Labute approximate surface area is 177 Å². The number of nitrogens with zero attached hydrogens (tertiary/aromatic N) is 2. The highest BCUT2D eigenvalue weighted by Gasteiger charge is 2.18. The van der Waals surface area contributed by atoms with Crippen molar-refractivity contribution < 1.29 is 9.13 Å². The van der Waals surface area contributed by atoms with Crippen molar-refractivity contribution in [3.05, 3.63) is 102 Å². The van der Waals surface area contributed by atoms with E-state index in [1.54, 1.807) is 6.07 Å². The summed E-state index contributed by atoms with van der Waals surface area (Å²) in [6.45, 7) is 1.97. The van der Waals surface area contributed by atoms with Gasteiger partial charge in [-0.25, -0.2) is 4.39 Å². The van der Waals surface area contributed by atoms with E-state index in [4.69, 9.17) is 4.74 Å². The topological polar surface area (TPSA) is 17.4 Å². The SMILES string of the molecule is CN(C)CCc1cn(Cc2ccccc2)c2c(F)ccc(OCc3ccccc3)c12. The molecule has 4 heteroatoms. The first kappa shape index (κ1) is 20.2. The summed E-state index contributed by atoms with van der Waals surface area (Å²) in [4.78, 5) is 2.14. The maximum atomic E-state index is 15.0. The molecule has 0 radical (unpaired) electrons. The van der Waals surface area contributed by atoms with E-state index < -0.39 is 0 Å². The van der Waals surface area contributed by atoms with E-state index in [0.717, 1.165) is 40.8 Å². The Morgan fingerprint density at radius 2 is 1.53 bits per heavy atom. The van der Waals surface area contributed by atoms with E-state index in [1.165, 1.54) is 6.07 Å². The van der Waals surface area contributed by atoms with Crippen molar-refractivity contribution in [2.24, 2.45) is 0 Å². The first-order chi connectivity index (χ1) is 14.6. The Morgan fingerprint density at radius 1 is 0.867 bits per heavy atom. The average Bonchev–Trinajstić information content (AvgIpc) is 3.12. The zero-order valence-corrected chi connectivity index (χ0v) is 17.5. The molecule has 30 heavy (non-hydrogen) atoms. The maximum absolute atomic E-state index is 15.0. The molecule has 0 fully saturated rings. The van der Waals surface area contributed by atoms with Gasteiger partial charge in [-0.15, -0.1) is 0 Å². The van der Waals surface area contributed by atoms with Crippen LogP contribution in [0.2, 0.25) is 0 Å². The first-order valence-electron chi connectivity index (χ1n) is 10.3. The molecular formula is C26H27FN2O. The van der Waals surface area contributed by atoms with Crippen LogP contribution in [0, 0.1) is 5.82 Å². The van der Waals surface area contributed by atoms with E-state index in [9.17, 15) is 0 Å². The zero-order chi connectivity index (χ0) is 20.9. The first-order valence-corrected chi connectivity index (χ1v) is 10.3. The van der Waals surface area contributed by atoms with Gasteiger partial charge in [0.1, 0.15) is 18.2 Å². The van der Waals surface area contributed by atoms with Crippen LogP contribution in [0.15, 0.2) is 79.0 Å². The Bertz CT molecular complexity index is 1100. The van der Waals surface area contributed by atoms with Crippen LogP contribution in [0.25, 0.3) is 10.9 Å². The number of ether oxygens (including phenoxy) is 1. The second-order valence-corrected chi connectivity index (χ2v) is 7.86. The zero-order valence-electron chi connectivity index (χ0n) is 17.5. The minimum Gasteiger partial charge on any atom is -0.488 e. The van der Waals surface area contributed by atoms with Gasteiger partial charge < -0.3 is 14.2 Å². The third-order valence-electron chi connectivity index (χ3n) is 5.27. The average molecular weight is 403 g/mol. The van der Waals surface area contributed by atoms with Gasteiger partial charge in [0, 0.05) is 24.7 Å². The molecule has 3 aromatic carbocycles. The second-order valence-electron chi connectivity index (χ2n) is 7.86. The highest BCUT2D eigenvalue weighted by atomic mass is 19.1. The standard InChI is InChI=1S/C26H27FN2O/c1-28(2)16-15-22-18-29(17-20-9-5-3-6-10-20)26-23(27)13-14-24(25(22)26)30-19-21-11-7-4-8-12-21/h3-14,18H,15-17,19H2,1-2H3. The molecule has 4 rings (SSSR count). The summed E-state index contributed by atoms with van der Waals surface area (Å²) in [5.41, 5.74) is 3.95. The molecule has 4 aromatic rings. The number of benzene rings is 3. The number of hydrogen-bond acceptors (Lipinski definition) is 2. The lowest BCUT2D eigenvalue weighted by atomic mass is 10.1. The number of hydrogen-bond donors (Lipinski definition) is 0. The van der Waals surface area contributed by atoms with Gasteiger partial charge in [-0.3, -0.25) is 0 Å². The van der Waals surface area contributed by atoms with Crippen molar-refractivity contribution >= 4 is 10.9 Å². The van der Waals surface area contributed by atoms with E-state index in [1.807, 2.05) is 53.1 Å². The van der Waals surface area contributed by atoms with Gasteiger partial charge in [0.25, 0.3) is 0 Å². The lowest BCUT2D eigenvalue weighted by Crippen LogP contribution is -2.15. The number of halogens is 1. The Balaban J connectivity index is 1.74. The van der Waals surface area contributed by atoms with Gasteiger partial charge in [-0.1, -0.05) is 60.7 Å². The van der Waals surface area contributed by atoms with Crippen molar-refractivity contribution in [2.45, 2.75) is 19.6 Å². The molecule has 0 atom stereocenters. The van der Waals surface area contributed by atoms with Gasteiger partial charge in [0.2, 0.25) is 0 Å². The summed E-state index contributed by atoms with van der Waals surface area (Å²) in [5.74, 6) is 0.514. The molecule has 0 aliphatic heterocycles. The van der Waals surface area contributed by atoms with Crippen LogP contribution in [0.3, 0.4) is 0 Å². The molecule has 3 nitrogen and oxygen atoms in total. The Kier molecular flexibility index (Phi) is 6.15. The summed E-state index contributed by atoms with van der Waals surface area (Å²) in [6.07, 6.45) is 2.91. The quantitative estimate of drug-likeness (QED) is 0.387. The van der Waals surface area contributed by atoms with Gasteiger partial charge in [-0.05, 0) is 49.3 Å². The monoisotopic (exact) mass is 402 g/mol. The normalized spacial score (nSPS) is 11.3. The predicted molar refractivity (Wildman–Crippen MR) is 120 cm³/mol. The molecular weight excluding hydrogens is 375 g/mol. The minimum atomic E-state index is -0.218. The molecule has 154 valence electrons. The molecule has 1 heterocycles. The summed E-state index contributed by atoms with van der Waals surface area (Å²) < 4.78 is 23.2. The lowest BCUT2D eigenvalue weighted by molar-refractivity contribution is 0.309. The van der Waals surface area contributed by atoms with Crippen molar-refractivity contribution in [1.82, 2.24) is 9.47 Å². The van der Waals surface area contributed by atoms with Crippen LogP contribution in [0.5, 0.6) is 5.75 Å². The van der Waals surface area contributed by atoms with Crippen molar-refractivity contribution in [1.29, 1.82) is 0 Å². The third-order valence-corrected chi connectivity index (χ3v) is 5.27. The largest absolute Gasteiger partial charge is 0.488 e.